The quantitative estimate of drug-likeness (QED) is 0.590. The summed E-state index contributed by atoms with van der Waals surface area (Å²) in [5, 5.41) is 3.85. The molecule has 1 saturated carbocycles. The van der Waals surface area contributed by atoms with Gasteiger partial charge in [-0.25, -0.2) is 0 Å². The van der Waals surface area contributed by atoms with Gasteiger partial charge in [0.05, 0.1) is 0 Å². The monoisotopic (exact) mass is 267 g/mol. The summed E-state index contributed by atoms with van der Waals surface area (Å²) in [4.78, 5) is 0. The number of rotatable bonds is 9. The lowest BCUT2D eigenvalue weighted by Gasteiger charge is -2.38. The zero-order chi connectivity index (χ0) is 14.1. The van der Waals surface area contributed by atoms with Crippen LogP contribution in [0.5, 0.6) is 0 Å². The number of hydrogen-bond acceptors (Lipinski definition) is 1. The maximum absolute atomic E-state index is 3.85. The SMILES string of the molecule is CCCC(CCC)C(NCC)C1CCC(CC)CC1. The van der Waals surface area contributed by atoms with E-state index in [2.05, 4.69) is 33.0 Å². The van der Waals surface area contributed by atoms with Crippen molar-refractivity contribution in [2.24, 2.45) is 17.8 Å². The second kappa shape index (κ2) is 9.80. The summed E-state index contributed by atoms with van der Waals surface area (Å²) in [6.07, 6.45) is 12.8. The highest BCUT2D eigenvalue weighted by atomic mass is 14.9. The average Bonchev–Trinajstić information content (AvgIpc) is 2.45. The van der Waals surface area contributed by atoms with Gasteiger partial charge < -0.3 is 5.32 Å². The first-order valence-corrected chi connectivity index (χ1v) is 9.00. The summed E-state index contributed by atoms with van der Waals surface area (Å²) in [7, 11) is 0. The van der Waals surface area contributed by atoms with Crippen molar-refractivity contribution >= 4 is 0 Å². The average molecular weight is 268 g/mol. The molecule has 1 nitrogen and oxygen atoms in total. The van der Waals surface area contributed by atoms with Gasteiger partial charge in [-0.05, 0) is 50.0 Å². The van der Waals surface area contributed by atoms with Crippen molar-refractivity contribution in [3.8, 4) is 0 Å². The molecule has 1 fully saturated rings. The molecule has 0 spiro atoms. The van der Waals surface area contributed by atoms with Gasteiger partial charge in [0, 0.05) is 6.04 Å². The van der Waals surface area contributed by atoms with Crippen LogP contribution in [0.15, 0.2) is 0 Å². The lowest BCUT2D eigenvalue weighted by molar-refractivity contribution is 0.165. The molecule has 0 aromatic carbocycles. The highest BCUT2D eigenvalue weighted by Crippen LogP contribution is 2.36. The van der Waals surface area contributed by atoms with Gasteiger partial charge in [0.2, 0.25) is 0 Å². The third-order valence-corrected chi connectivity index (χ3v) is 5.24. The molecule has 0 amide bonds. The smallest absolute Gasteiger partial charge is 0.0123 e. The van der Waals surface area contributed by atoms with E-state index >= 15 is 0 Å². The Hall–Kier alpha value is -0.0400. The first kappa shape index (κ1) is 17.0. The summed E-state index contributed by atoms with van der Waals surface area (Å²) in [5.41, 5.74) is 0. The van der Waals surface area contributed by atoms with Crippen molar-refractivity contribution in [2.75, 3.05) is 6.54 Å². The van der Waals surface area contributed by atoms with Crippen LogP contribution in [0.4, 0.5) is 0 Å². The minimum atomic E-state index is 0.794. The molecule has 19 heavy (non-hydrogen) atoms. The van der Waals surface area contributed by atoms with Crippen LogP contribution in [0.25, 0.3) is 0 Å². The van der Waals surface area contributed by atoms with Crippen molar-refractivity contribution < 1.29 is 0 Å². The Labute approximate surface area is 121 Å². The molecule has 1 N–H and O–H groups in total. The van der Waals surface area contributed by atoms with Crippen LogP contribution in [0.3, 0.4) is 0 Å². The van der Waals surface area contributed by atoms with E-state index in [0.717, 1.165) is 30.3 Å². The fourth-order valence-electron chi connectivity index (χ4n) is 4.15. The molecule has 0 bridgehead atoms. The molecular weight excluding hydrogens is 230 g/mol. The van der Waals surface area contributed by atoms with Gasteiger partial charge in [0.15, 0.2) is 0 Å². The zero-order valence-electron chi connectivity index (χ0n) is 13.9. The van der Waals surface area contributed by atoms with E-state index in [1.165, 1.54) is 57.8 Å². The van der Waals surface area contributed by atoms with Gasteiger partial charge in [-0.15, -0.1) is 0 Å². The molecule has 114 valence electrons. The van der Waals surface area contributed by atoms with Gasteiger partial charge in [-0.1, -0.05) is 59.8 Å². The van der Waals surface area contributed by atoms with Gasteiger partial charge in [-0.2, -0.15) is 0 Å². The lowest BCUT2D eigenvalue weighted by atomic mass is 9.72. The third-order valence-electron chi connectivity index (χ3n) is 5.24. The molecule has 0 radical (unpaired) electrons. The van der Waals surface area contributed by atoms with Gasteiger partial charge in [0.25, 0.3) is 0 Å². The second-order valence-electron chi connectivity index (χ2n) is 6.61. The predicted molar refractivity (Wildman–Crippen MR) is 86.5 cm³/mol. The fourth-order valence-corrected chi connectivity index (χ4v) is 4.15. The Morgan fingerprint density at radius 3 is 1.89 bits per heavy atom. The molecule has 1 heteroatoms. The fraction of sp³-hybridized carbons (Fsp3) is 1.00. The Morgan fingerprint density at radius 2 is 1.47 bits per heavy atom. The van der Waals surface area contributed by atoms with Crippen LogP contribution in [0, 0.1) is 17.8 Å². The van der Waals surface area contributed by atoms with E-state index in [4.69, 9.17) is 0 Å². The maximum Gasteiger partial charge on any atom is 0.0123 e. The van der Waals surface area contributed by atoms with Crippen molar-refractivity contribution in [3.05, 3.63) is 0 Å². The predicted octanol–water partition coefficient (Wildman–Crippen LogP) is 5.40. The molecule has 1 rings (SSSR count). The number of nitrogens with one attached hydrogen (secondary N) is 1. The van der Waals surface area contributed by atoms with Crippen LogP contribution >= 0.6 is 0 Å². The van der Waals surface area contributed by atoms with E-state index in [1.54, 1.807) is 0 Å². The van der Waals surface area contributed by atoms with Crippen LogP contribution in [0.2, 0.25) is 0 Å². The molecule has 1 atom stereocenters. The molecule has 0 heterocycles. The topological polar surface area (TPSA) is 12.0 Å². The van der Waals surface area contributed by atoms with Crippen molar-refractivity contribution in [1.82, 2.24) is 5.32 Å². The van der Waals surface area contributed by atoms with Gasteiger partial charge in [-0.3, -0.25) is 0 Å². The first-order chi connectivity index (χ1) is 9.26. The Balaban J connectivity index is 2.58. The zero-order valence-corrected chi connectivity index (χ0v) is 13.9. The Bertz CT molecular complexity index is 200. The second-order valence-corrected chi connectivity index (χ2v) is 6.61. The van der Waals surface area contributed by atoms with Crippen molar-refractivity contribution in [3.63, 3.8) is 0 Å². The summed E-state index contributed by atoms with van der Waals surface area (Å²) in [6, 6.07) is 0.794. The summed E-state index contributed by atoms with van der Waals surface area (Å²) < 4.78 is 0. The normalized spacial score (nSPS) is 25.7. The molecule has 0 aromatic heterocycles. The minimum absolute atomic E-state index is 0.794. The third kappa shape index (κ3) is 5.45. The van der Waals surface area contributed by atoms with E-state index in [1.807, 2.05) is 0 Å². The molecule has 1 unspecified atom stereocenters. The molecule has 1 aliphatic carbocycles. The van der Waals surface area contributed by atoms with Crippen molar-refractivity contribution in [2.45, 2.75) is 91.5 Å². The van der Waals surface area contributed by atoms with Crippen LogP contribution in [-0.4, -0.2) is 12.6 Å². The Morgan fingerprint density at radius 1 is 0.895 bits per heavy atom. The van der Waals surface area contributed by atoms with E-state index < -0.39 is 0 Å². The standard InChI is InChI=1S/C18H37N/c1-5-9-16(10-6-2)18(19-8-4)17-13-11-15(7-3)12-14-17/h15-19H,5-14H2,1-4H3. The van der Waals surface area contributed by atoms with Crippen molar-refractivity contribution in [1.29, 1.82) is 0 Å². The highest BCUT2D eigenvalue weighted by molar-refractivity contribution is 4.86. The van der Waals surface area contributed by atoms with Crippen LogP contribution in [-0.2, 0) is 0 Å². The van der Waals surface area contributed by atoms with E-state index in [9.17, 15) is 0 Å². The molecular formula is C18H37N. The molecule has 0 aromatic rings. The van der Waals surface area contributed by atoms with E-state index in [0.29, 0.717) is 0 Å². The minimum Gasteiger partial charge on any atom is -0.314 e. The van der Waals surface area contributed by atoms with Crippen LogP contribution < -0.4 is 5.32 Å². The van der Waals surface area contributed by atoms with Gasteiger partial charge >= 0.3 is 0 Å². The highest BCUT2D eigenvalue weighted by Gasteiger charge is 2.30. The molecule has 0 aliphatic heterocycles. The van der Waals surface area contributed by atoms with E-state index in [-0.39, 0.29) is 0 Å². The Kier molecular flexibility index (Phi) is 8.77. The largest absolute Gasteiger partial charge is 0.314 e. The van der Waals surface area contributed by atoms with Crippen LogP contribution in [0.1, 0.15) is 85.5 Å². The summed E-state index contributed by atoms with van der Waals surface area (Å²) in [6.45, 7) is 10.5. The first-order valence-electron chi connectivity index (χ1n) is 9.00. The summed E-state index contributed by atoms with van der Waals surface area (Å²) >= 11 is 0. The maximum atomic E-state index is 3.85. The molecule has 0 saturated heterocycles. The molecule has 1 aliphatic rings. The number of hydrogen-bond donors (Lipinski definition) is 1. The lowest BCUT2D eigenvalue weighted by Crippen LogP contribution is -2.43. The van der Waals surface area contributed by atoms with Gasteiger partial charge in [0.1, 0.15) is 0 Å². The summed E-state index contributed by atoms with van der Waals surface area (Å²) in [5.74, 6) is 2.89.